The molecule has 0 aliphatic heterocycles. The summed E-state index contributed by atoms with van der Waals surface area (Å²) in [5.41, 5.74) is 3.60. The zero-order valence-corrected chi connectivity index (χ0v) is 13.6. The van der Waals surface area contributed by atoms with Crippen LogP contribution in [-0.4, -0.2) is 7.11 Å². The number of ether oxygens (including phenoxy) is 1. The highest BCUT2D eigenvalue weighted by Gasteiger charge is 2.03. The molecular weight excluding hydrogens is 256 g/mol. The zero-order valence-electron chi connectivity index (χ0n) is 13.6. The Kier molecular flexibility index (Phi) is 10.3. The van der Waals surface area contributed by atoms with Crippen molar-refractivity contribution in [2.45, 2.75) is 20.8 Å². The molecule has 2 aromatic rings. The van der Waals surface area contributed by atoms with E-state index in [4.69, 9.17) is 4.74 Å². The largest absolute Gasteiger partial charge is 0.496 e. The number of hydrogen-bond acceptors (Lipinski definition) is 1. The topological polar surface area (TPSA) is 9.23 Å². The first-order valence-corrected chi connectivity index (χ1v) is 6.98. The van der Waals surface area contributed by atoms with Crippen LogP contribution in [0.2, 0.25) is 0 Å². The Bertz CT molecular complexity index is 518. The highest BCUT2D eigenvalue weighted by molar-refractivity contribution is 5.70. The van der Waals surface area contributed by atoms with E-state index in [1.54, 1.807) is 19.3 Å². The Labute approximate surface area is 129 Å². The van der Waals surface area contributed by atoms with Gasteiger partial charge in [-0.05, 0) is 32.4 Å². The molecule has 0 saturated heterocycles. The summed E-state index contributed by atoms with van der Waals surface area (Å²) in [4.78, 5) is 0. The molecule has 112 valence electrons. The van der Waals surface area contributed by atoms with E-state index in [0.29, 0.717) is 0 Å². The molecule has 0 fully saturated rings. The van der Waals surface area contributed by atoms with Gasteiger partial charge in [0.1, 0.15) is 5.75 Å². The molecule has 1 heteroatoms. The SMILES string of the molecule is C=CC.C=CC.COc1ccccc1-c1ccc(C)cc1. The monoisotopic (exact) mass is 282 g/mol. The summed E-state index contributed by atoms with van der Waals surface area (Å²) in [5.74, 6) is 0.918. The first-order valence-electron chi connectivity index (χ1n) is 6.98. The molecule has 2 rings (SSSR count). The third kappa shape index (κ3) is 7.17. The first-order chi connectivity index (χ1) is 10.1. The van der Waals surface area contributed by atoms with Gasteiger partial charge < -0.3 is 4.74 Å². The third-order valence-corrected chi connectivity index (χ3v) is 2.47. The van der Waals surface area contributed by atoms with Crippen LogP contribution in [-0.2, 0) is 0 Å². The number of rotatable bonds is 2. The normalized spacial score (nSPS) is 8.38. The van der Waals surface area contributed by atoms with E-state index < -0.39 is 0 Å². The molecule has 0 aliphatic carbocycles. The lowest BCUT2D eigenvalue weighted by molar-refractivity contribution is 0.416. The van der Waals surface area contributed by atoms with Crippen LogP contribution in [0.15, 0.2) is 73.8 Å². The standard InChI is InChI=1S/C14H14O.2C3H6/c1-11-7-9-12(10-8-11)13-5-3-4-6-14(13)15-2;2*1-3-2/h3-10H,1-2H3;2*3H,1H2,2H3. The van der Waals surface area contributed by atoms with Gasteiger partial charge in [-0.3, -0.25) is 0 Å². The van der Waals surface area contributed by atoms with Crippen LogP contribution < -0.4 is 4.74 Å². The van der Waals surface area contributed by atoms with Crippen LogP contribution in [0, 0.1) is 6.92 Å². The van der Waals surface area contributed by atoms with E-state index in [0.717, 1.165) is 11.3 Å². The van der Waals surface area contributed by atoms with Crippen molar-refractivity contribution in [3.8, 4) is 16.9 Å². The van der Waals surface area contributed by atoms with E-state index in [-0.39, 0.29) is 0 Å². The molecular formula is C20H26O. The van der Waals surface area contributed by atoms with Gasteiger partial charge >= 0.3 is 0 Å². The van der Waals surface area contributed by atoms with Crippen LogP contribution in [0.25, 0.3) is 11.1 Å². The summed E-state index contributed by atoms with van der Waals surface area (Å²) in [5, 5.41) is 0. The lowest BCUT2D eigenvalue weighted by Crippen LogP contribution is -1.87. The minimum atomic E-state index is 0.918. The van der Waals surface area contributed by atoms with Gasteiger partial charge in [0.25, 0.3) is 0 Å². The summed E-state index contributed by atoms with van der Waals surface area (Å²) in [7, 11) is 1.70. The van der Waals surface area contributed by atoms with Crippen LogP contribution in [0.5, 0.6) is 5.75 Å². The maximum absolute atomic E-state index is 5.33. The van der Waals surface area contributed by atoms with Gasteiger partial charge in [-0.2, -0.15) is 0 Å². The molecule has 2 aromatic carbocycles. The third-order valence-electron chi connectivity index (χ3n) is 2.47. The second-order valence-corrected chi connectivity index (χ2v) is 4.38. The van der Waals surface area contributed by atoms with Crippen molar-refractivity contribution in [1.29, 1.82) is 0 Å². The fraction of sp³-hybridized carbons (Fsp3) is 0.200. The molecule has 1 nitrogen and oxygen atoms in total. The van der Waals surface area contributed by atoms with Gasteiger partial charge in [0, 0.05) is 5.56 Å². The number of para-hydroxylation sites is 1. The Hall–Kier alpha value is -2.28. The summed E-state index contributed by atoms with van der Waals surface area (Å²) in [6, 6.07) is 16.5. The number of hydrogen-bond donors (Lipinski definition) is 0. The average molecular weight is 282 g/mol. The second-order valence-electron chi connectivity index (χ2n) is 4.38. The quantitative estimate of drug-likeness (QED) is 0.609. The lowest BCUT2D eigenvalue weighted by atomic mass is 10.0. The van der Waals surface area contributed by atoms with Crippen molar-refractivity contribution in [2.24, 2.45) is 0 Å². The maximum atomic E-state index is 5.33. The highest BCUT2D eigenvalue weighted by Crippen LogP contribution is 2.29. The fourth-order valence-electron chi connectivity index (χ4n) is 1.62. The van der Waals surface area contributed by atoms with Crippen LogP contribution >= 0.6 is 0 Å². The summed E-state index contributed by atoms with van der Waals surface area (Å²) in [6.45, 7) is 12.6. The van der Waals surface area contributed by atoms with Gasteiger partial charge in [0.15, 0.2) is 0 Å². The Balaban J connectivity index is 0.000000578. The van der Waals surface area contributed by atoms with Gasteiger partial charge in [-0.15, -0.1) is 13.2 Å². The number of benzene rings is 2. The van der Waals surface area contributed by atoms with E-state index in [1.165, 1.54) is 11.1 Å². The minimum Gasteiger partial charge on any atom is -0.496 e. The smallest absolute Gasteiger partial charge is 0.126 e. The molecule has 0 bridgehead atoms. The first kappa shape index (κ1) is 18.7. The molecule has 0 heterocycles. The average Bonchev–Trinajstić information content (AvgIpc) is 2.50. The summed E-state index contributed by atoms with van der Waals surface area (Å²) >= 11 is 0. The Morgan fingerprint density at radius 2 is 1.33 bits per heavy atom. The predicted molar refractivity (Wildman–Crippen MR) is 94.9 cm³/mol. The molecule has 0 aromatic heterocycles. The van der Waals surface area contributed by atoms with Crippen LogP contribution in [0.4, 0.5) is 0 Å². The van der Waals surface area contributed by atoms with Crippen molar-refractivity contribution in [3.05, 3.63) is 79.4 Å². The molecule has 0 N–H and O–H groups in total. The van der Waals surface area contributed by atoms with Gasteiger partial charge in [-0.1, -0.05) is 60.2 Å². The van der Waals surface area contributed by atoms with Gasteiger partial charge in [0.2, 0.25) is 0 Å². The Morgan fingerprint density at radius 1 is 0.857 bits per heavy atom. The Morgan fingerprint density at radius 3 is 1.81 bits per heavy atom. The molecule has 0 saturated carbocycles. The summed E-state index contributed by atoms with van der Waals surface area (Å²) < 4.78 is 5.33. The fourth-order valence-corrected chi connectivity index (χ4v) is 1.62. The molecule has 0 unspecified atom stereocenters. The van der Waals surface area contributed by atoms with Crippen molar-refractivity contribution < 1.29 is 4.74 Å². The highest BCUT2D eigenvalue weighted by atomic mass is 16.5. The van der Waals surface area contributed by atoms with Crippen molar-refractivity contribution in [3.63, 3.8) is 0 Å². The number of methoxy groups -OCH3 is 1. The molecule has 0 spiro atoms. The molecule has 0 amide bonds. The van der Waals surface area contributed by atoms with Crippen LogP contribution in [0.3, 0.4) is 0 Å². The molecule has 21 heavy (non-hydrogen) atoms. The predicted octanol–water partition coefficient (Wildman–Crippen LogP) is 6.06. The number of aryl methyl sites for hydroxylation is 1. The van der Waals surface area contributed by atoms with E-state index >= 15 is 0 Å². The van der Waals surface area contributed by atoms with Crippen molar-refractivity contribution >= 4 is 0 Å². The van der Waals surface area contributed by atoms with E-state index in [1.807, 2.05) is 32.0 Å². The zero-order chi connectivity index (χ0) is 16.1. The maximum Gasteiger partial charge on any atom is 0.126 e. The van der Waals surface area contributed by atoms with E-state index in [9.17, 15) is 0 Å². The van der Waals surface area contributed by atoms with E-state index in [2.05, 4.69) is 50.4 Å². The minimum absolute atomic E-state index is 0.918. The van der Waals surface area contributed by atoms with Gasteiger partial charge in [-0.25, -0.2) is 0 Å². The molecule has 0 aliphatic rings. The number of allylic oxidation sites excluding steroid dienone is 2. The van der Waals surface area contributed by atoms with Crippen molar-refractivity contribution in [2.75, 3.05) is 7.11 Å². The van der Waals surface area contributed by atoms with Gasteiger partial charge in [0.05, 0.1) is 7.11 Å². The molecule has 0 radical (unpaired) electrons. The van der Waals surface area contributed by atoms with Crippen molar-refractivity contribution in [1.82, 2.24) is 0 Å². The molecule has 0 atom stereocenters. The second kappa shape index (κ2) is 11.5. The lowest BCUT2D eigenvalue weighted by Gasteiger charge is -2.08. The van der Waals surface area contributed by atoms with Crippen LogP contribution in [0.1, 0.15) is 19.4 Å². The summed E-state index contributed by atoms with van der Waals surface area (Å²) in [6.07, 6.45) is 3.50.